The summed E-state index contributed by atoms with van der Waals surface area (Å²) in [5, 5.41) is 3.02. The zero-order valence-corrected chi connectivity index (χ0v) is 15.4. The molecule has 0 radical (unpaired) electrons. The van der Waals surface area contributed by atoms with E-state index in [1.165, 1.54) is 37.1 Å². The van der Waals surface area contributed by atoms with Crippen molar-refractivity contribution in [1.29, 1.82) is 0 Å². The number of likely N-dealkylation sites (tertiary alicyclic amines) is 1. The number of piperidine rings is 1. The molecule has 1 N–H and O–H groups in total. The Morgan fingerprint density at radius 1 is 1.33 bits per heavy atom. The van der Waals surface area contributed by atoms with Gasteiger partial charge in [0.2, 0.25) is 5.91 Å². The largest absolute Gasteiger partial charge is 0.378 e. The molecule has 1 amide bonds. The Hall–Kier alpha value is -1.39. The maximum absolute atomic E-state index is 11.9. The van der Waals surface area contributed by atoms with Gasteiger partial charge in [-0.3, -0.25) is 9.69 Å². The molecular formula is C20H32N2O2. The van der Waals surface area contributed by atoms with Crippen molar-refractivity contribution in [2.45, 2.75) is 59.2 Å². The van der Waals surface area contributed by atoms with E-state index in [1.807, 2.05) is 19.9 Å². The highest BCUT2D eigenvalue weighted by Crippen LogP contribution is 2.19. The molecule has 1 aromatic rings. The summed E-state index contributed by atoms with van der Waals surface area (Å²) in [5.74, 6) is 0.837. The van der Waals surface area contributed by atoms with E-state index in [9.17, 15) is 4.79 Å². The number of hydrogen-bond donors (Lipinski definition) is 1. The van der Waals surface area contributed by atoms with E-state index in [0.717, 1.165) is 12.5 Å². The lowest BCUT2D eigenvalue weighted by Crippen LogP contribution is -2.34. The van der Waals surface area contributed by atoms with E-state index in [2.05, 4.69) is 35.3 Å². The summed E-state index contributed by atoms with van der Waals surface area (Å²) in [6.45, 7) is 10.7. The number of hydrogen-bond acceptors (Lipinski definition) is 3. The minimum atomic E-state index is 0.0528. The van der Waals surface area contributed by atoms with Crippen LogP contribution in [0.15, 0.2) is 24.3 Å². The van der Waals surface area contributed by atoms with Gasteiger partial charge >= 0.3 is 0 Å². The van der Waals surface area contributed by atoms with Crippen molar-refractivity contribution in [3.8, 4) is 0 Å². The molecule has 0 spiro atoms. The summed E-state index contributed by atoms with van der Waals surface area (Å²) in [6, 6.07) is 8.44. The number of nitrogens with one attached hydrogen (secondary N) is 1. The van der Waals surface area contributed by atoms with Crippen LogP contribution >= 0.6 is 0 Å². The fourth-order valence-electron chi connectivity index (χ4n) is 3.22. The SMILES string of the molecule is CC1CCCN(Cc2ccccc2CNC(=O)CCOC(C)C)C1. The summed E-state index contributed by atoms with van der Waals surface area (Å²) in [7, 11) is 0. The molecule has 1 aliphatic heterocycles. The molecule has 2 rings (SSSR count). The monoisotopic (exact) mass is 332 g/mol. The Bertz CT molecular complexity index is 516. The third kappa shape index (κ3) is 6.62. The lowest BCUT2D eigenvalue weighted by molar-refractivity contribution is -0.122. The normalized spacial score (nSPS) is 18.8. The third-order valence-corrected chi connectivity index (χ3v) is 4.51. The first-order valence-corrected chi connectivity index (χ1v) is 9.22. The Labute approximate surface area is 146 Å². The van der Waals surface area contributed by atoms with Crippen LogP contribution in [0.5, 0.6) is 0 Å². The molecule has 1 heterocycles. The number of carbonyl (C=O) groups excluding carboxylic acids is 1. The predicted molar refractivity (Wildman–Crippen MR) is 97.7 cm³/mol. The molecule has 24 heavy (non-hydrogen) atoms. The van der Waals surface area contributed by atoms with Crippen molar-refractivity contribution in [2.75, 3.05) is 19.7 Å². The third-order valence-electron chi connectivity index (χ3n) is 4.51. The van der Waals surface area contributed by atoms with Crippen LogP contribution in [0, 0.1) is 5.92 Å². The molecule has 0 aromatic heterocycles. The van der Waals surface area contributed by atoms with Crippen LogP contribution in [0.3, 0.4) is 0 Å². The van der Waals surface area contributed by atoms with Crippen molar-refractivity contribution in [2.24, 2.45) is 5.92 Å². The summed E-state index contributed by atoms with van der Waals surface area (Å²) in [4.78, 5) is 14.5. The van der Waals surface area contributed by atoms with Gasteiger partial charge in [0.1, 0.15) is 0 Å². The van der Waals surface area contributed by atoms with Gasteiger partial charge in [0.05, 0.1) is 12.7 Å². The van der Waals surface area contributed by atoms with Crippen LogP contribution in [0.1, 0.15) is 51.2 Å². The highest BCUT2D eigenvalue weighted by molar-refractivity contribution is 5.76. The van der Waals surface area contributed by atoms with Crippen molar-refractivity contribution in [1.82, 2.24) is 10.2 Å². The fourth-order valence-corrected chi connectivity index (χ4v) is 3.22. The molecule has 1 aliphatic rings. The maximum atomic E-state index is 11.9. The summed E-state index contributed by atoms with van der Waals surface area (Å²) in [6.07, 6.45) is 3.22. The smallest absolute Gasteiger partial charge is 0.222 e. The predicted octanol–water partition coefficient (Wildman–Crippen LogP) is 3.35. The molecule has 4 heteroatoms. The van der Waals surface area contributed by atoms with E-state index in [0.29, 0.717) is 19.6 Å². The molecule has 1 fully saturated rings. The lowest BCUT2D eigenvalue weighted by atomic mass is 9.99. The molecule has 0 aliphatic carbocycles. The molecule has 1 aromatic carbocycles. The van der Waals surface area contributed by atoms with Gasteiger partial charge in [-0.15, -0.1) is 0 Å². The second kappa shape index (κ2) is 9.80. The van der Waals surface area contributed by atoms with E-state index >= 15 is 0 Å². The zero-order chi connectivity index (χ0) is 17.4. The van der Waals surface area contributed by atoms with Gasteiger partial charge in [-0.05, 0) is 50.3 Å². The van der Waals surface area contributed by atoms with Crippen LogP contribution in [-0.2, 0) is 22.6 Å². The van der Waals surface area contributed by atoms with Crippen LogP contribution in [0.25, 0.3) is 0 Å². The van der Waals surface area contributed by atoms with Crippen molar-refractivity contribution < 1.29 is 9.53 Å². The van der Waals surface area contributed by atoms with Gasteiger partial charge in [0.15, 0.2) is 0 Å². The van der Waals surface area contributed by atoms with Gasteiger partial charge in [0, 0.05) is 26.1 Å². The molecule has 4 nitrogen and oxygen atoms in total. The second-order valence-corrected chi connectivity index (χ2v) is 7.20. The van der Waals surface area contributed by atoms with E-state index in [1.54, 1.807) is 0 Å². The molecular weight excluding hydrogens is 300 g/mol. The number of rotatable bonds is 8. The average molecular weight is 332 g/mol. The minimum Gasteiger partial charge on any atom is -0.378 e. The number of ether oxygens (including phenoxy) is 1. The maximum Gasteiger partial charge on any atom is 0.222 e. The van der Waals surface area contributed by atoms with E-state index in [-0.39, 0.29) is 12.0 Å². The quantitative estimate of drug-likeness (QED) is 0.794. The fraction of sp³-hybridized carbons (Fsp3) is 0.650. The van der Waals surface area contributed by atoms with Gasteiger partial charge in [-0.2, -0.15) is 0 Å². The molecule has 0 saturated carbocycles. The van der Waals surface area contributed by atoms with Gasteiger partial charge < -0.3 is 10.1 Å². The highest BCUT2D eigenvalue weighted by Gasteiger charge is 2.17. The average Bonchev–Trinajstić information content (AvgIpc) is 2.54. The lowest BCUT2D eigenvalue weighted by Gasteiger charge is -2.31. The van der Waals surface area contributed by atoms with Crippen LogP contribution in [0.4, 0.5) is 0 Å². The Morgan fingerprint density at radius 2 is 2.08 bits per heavy atom. The molecule has 134 valence electrons. The minimum absolute atomic E-state index is 0.0528. The van der Waals surface area contributed by atoms with E-state index in [4.69, 9.17) is 4.74 Å². The van der Waals surface area contributed by atoms with Crippen LogP contribution in [0.2, 0.25) is 0 Å². The zero-order valence-electron chi connectivity index (χ0n) is 15.4. The summed E-state index contributed by atoms with van der Waals surface area (Å²) in [5.41, 5.74) is 2.54. The van der Waals surface area contributed by atoms with Crippen LogP contribution in [-0.4, -0.2) is 36.6 Å². The first kappa shape index (κ1) is 18.9. The molecule has 1 unspecified atom stereocenters. The van der Waals surface area contributed by atoms with Gasteiger partial charge in [-0.25, -0.2) is 0 Å². The first-order valence-electron chi connectivity index (χ1n) is 9.22. The summed E-state index contributed by atoms with van der Waals surface area (Å²) >= 11 is 0. The number of benzene rings is 1. The molecule has 0 bridgehead atoms. The number of carbonyl (C=O) groups is 1. The Kier molecular flexibility index (Phi) is 7.73. The topological polar surface area (TPSA) is 41.6 Å². The molecule has 1 saturated heterocycles. The Balaban J connectivity index is 1.83. The Morgan fingerprint density at radius 3 is 2.79 bits per heavy atom. The standard InChI is InChI=1S/C20H32N2O2/c1-16(2)24-12-10-20(23)21-13-18-8-4-5-9-19(18)15-22-11-6-7-17(3)14-22/h4-5,8-9,16-17H,6-7,10-15H2,1-3H3,(H,21,23). The number of amides is 1. The van der Waals surface area contributed by atoms with Crippen molar-refractivity contribution in [3.05, 3.63) is 35.4 Å². The van der Waals surface area contributed by atoms with Crippen molar-refractivity contribution >= 4 is 5.91 Å². The van der Waals surface area contributed by atoms with Crippen molar-refractivity contribution in [3.63, 3.8) is 0 Å². The summed E-state index contributed by atoms with van der Waals surface area (Å²) < 4.78 is 5.43. The van der Waals surface area contributed by atoms with E-state index < -0.39 is 0 Å². The van der Waals surface area contributed by atoms with Gasteiger partial charge in [0.25, 0.3) is 0 Å². The van der Waals surface area contributed by atoms with Crippen LogP contribution < -0.4 is 5.32 Å². The highest BCUT2D eigenvalue weighted by atomic mass is 16.5. The second-order valence-electron chi connectivity index (χ2n) is 7.20. The number of nitrogens with zero attached hydrogens (tertiary/aromatic N) is 1. The first-order chi connectivity index (χ1) is 11.5. The van der Waals surface area contributed by atoms with Gasteiger partial charge in [-0.1, -0.05) is 31.2 Å². The molecule has 1 atom stereocenters.